The molecule has 2 amide bonds. The first-order chi connectivity index (χ1) is 20.7. The number of rotatable bonds is 6. The van der Waals surface area contributed by atoms with Gasteiger partial charge in [-0.05, 0) is 56.5 Å². The van der Waals surface area contributed by atoms with Crippen molar-refractivity contribution in [3.63, 3.8) is 0 Å². The number of ether oxygens (including phenoxy) is 2. The van der Waals surface area contributed by atoms with Crippen molar-refractivity contribution in [2.45, 2.75) is 35.6 Å². The van der Waals surface area contributed by atoms with Crippen molar-refractivity contribution in [2.75, 3.05) is 57.7 Å². The average Bonchev–Trinajstić information content (AvgIpc) is 3.64. The first-order valence-electron chi connectivity index (χ1n) is 14.4. The largest absolute Gasteiger partial charge is 0.496 e. The van der Waals surface area contributed by atoms with Gasteiger partial charge in [0.25, 0.3) is 15.9 Å². The lowest BCUT2D eigenvalue weighted by atomic mass is 9.85. The molecule has 2 aromatic carbocycles. The molecule has 0 spiro atoms. The zero-order chi connectivity index (χ0) is 30.4. The number of piperazine rings is 1. The van der Waals surface area contributed by atoms with Gasteiger partial charge in [-0.25, -0.2) is 4.79 Å². The molecule has 0 N–H and O–H groups in total. The van der Waals surface area contributed by atoms with E-state index in [1.54, 1.807) is 58.8 Å². The molecular weight excluding hydrogens is 659 g/mol. The van der Waals surface area contributed by atoms with Gasteiger partial charge in [0.15, 0.2) is 0 Å². The Labute approximate surface area is 280 Å². The van der Waals surface area contributed by atoms with Gasteiger partial charge in [-0.2, -0.15) is 12.7 Å². The SMILES string of the molecule is COc1ccccc1C1(OC(=O)N2CCC(N3CCN(C)CC3)CC2)C(=O)N(S(=O)(=O)c2cccs2)c2ccc(C)cc21.Cl.Cl. The van der Waals surface area contributed by atoms with Gasteiger partial charge >= 0.3 is 6.09 Å². The van der Waals surface area contributed by atoms with E-state index in [4.69, 9.17) is 9.47 Å². The molecule has 244 valence electrons. The Kier molecular flexibility index (Phi) is 10.8. The highest BCUT2D eigenvalue weighted by Gasteiger charge is 2.61. The molecule has 0 bridgehead atoms. The number of nitrogens with zero attached hydrogens (tertiary/aromatic N) is 4. The van der Waals surface area contributed by atoms with E-state index in [1.165, 1.54) is 13.2 Å². The van der Waals surface area contributed by atoms with Crippen LogP contribution in [0.15, 0.2) is 64.2 Å². The molecule has 0 saturated carbocycles. The normalized spacial score (nSPS) is 21.1. The van der Waals surface area contributed by atoms with E-state index in [0.717, 1.165) is 60.2 Å². The average molecular weight is 698 g/mol. The van der Waals surface area contributed by atoms with Crippen LogP contribution in [0.5, 0.6) is 5.75 Å². The number of carbonyl (C=O) groups is 2. The van der Waals surface area contributed by atoms with E-state index < -0.39 is 27.6 Å². The highest BCUT2D eigenvalue weighted by Crippen LogP contribution is 2.52. The number of fused-ring (bicyclic) bond motifs is 1. The number of aryl methyl sites for hydroxylation is 1. The van der Waals surface area contributed by atoms with Crippen LogP contribution in [0, 0.1) is 6.92 Å². The Bertz CT molecular complexity index is 1620. The number of anilines is 1. The maximum absolute atomic E-state index is 14.7. The molecule has 3 aliphatic heterocycles. The molecule has 2 fully saturated rings. The Morgan fingerprint density at radius 2 is 1.62 bits per heavy atom. The van der Waals surface area contributed by atoms with Crippen LogP contribution in [-0.2, 0) is 25.2 Å². The minimum atomic E-state index is -4.31. The molecule has 45 heavy (non-hydrogen) atoms. The summed E-state index contributed by atoms with van der Waals surface area (Å²) in [7, 11) is -0.710. The zero-order valence-corrected chi connectivity index (χ0v) is 28.6. The molecule has 0 radical (unpaired) electrons. The Balaban J connectivity index is 0.00000230. The number of piperidine rings is 1. The maximum Gasteiger partial charge on any atom is 0.411 e. The molecular formula is C31H38Cl2N4O6S2. The Morgan fingerprint density at radius 3 is 2.27 bits per heavy atom. The number of methoxy groups -OCH3 is 1. The lowest BCUT2D eigenvalue weighted by Gasteiger charge is -2.42. The first-order valence-corrected chi connectivity index (χ1v) is 16.8. The van der Waals surface area contributed by atoms with Gasteiger partial charge in [-0.1, -0.05) is 35.9 Å². The van der Waals surface area contributed by atoms with E-state index in [9.17, 15) is 18.0 Å². The summed E-state index contributed by atoms with van der Waals surface area (Å²) < 4.78 is 40.7. The summed E-state index contributed by atoms with van der Waals surface area (Å²) >= 11 is 1.02. The molecule has 6 rings (SSSR count). The van der Waals surface area contributed by atoms with Crippen LogP contribution in [0.2, 0.25) is 0 Å². The third kappa shape index (κ3) is 6.16. The van der Waals surface area contributed by atoms with Crippen molar-refractivity contribution < 1.29 is 27.5 Å². The second-order valence-corrected chi connectivity index (χ2v) is 14.3. The van der Waals surface area contributed by atoms with E-state index in [0.29, 0.717) is 24.9 Å². The van der Waals surface area contributed by atoms with Crippen molar-refractivity contribution in [1.29, 1.82) is 0 Å². The third-order valence-corrected chi connectivity index (χ3v) is 11.8. The number of halogens is 2. The fraction of sp³-hybridized carbons (Fsp3) is 0.419. The second-order valence-electron chi connectivity index (χ2n) is 11.3. The molecule has 1 aromatic heterocycles. The van der Waals surface area contributed by atoms with Crippen LogP contribution in [0.3, 0.4) is 0 Å². The number of hydrogen-bond acceptors (Lipinski definition) is 9. The van der Waals surface area contributed by atoms with Gasteiger partial charge in [-0.3, -0.25) is 9.69 Å². The third-order valence-electron chi connectivity index (χ3n) is 8.73. The standard InChI is InChI=1S/C31H36N4O6S2.2ClH/c1-22-10-11-26-25(21-22)31(24-7-4-5-8-27(24)40-3,29(36)35(26)43(38,39)28-9-6-20-42-28)41-30(37)34-14-12-23(13-15-34)33-18-16-32(2)17-19-33;;/h4-11,20-21,23H,12-19H2,1-3H3;2*1H. The quantitative estimate of drug-likeness (QED) is 0.365. The summed E-state index contributed by atoms with van der Waals surface area (Å²) in [6.45, 7) is 6.85. The monoisotopic (exact) mass is 696 g/mol. The molecule has 0 aliphatic carbocycles. The number of amides is 2. The maximum atomic E-state index is 14.7. The van der Waals surface area contributed by atoms with Gasteiger partial charge < -0.3 is 19.3 Å². The van der Waals surface area contributed by atoms with Crippen LogP contribution < -0.4 is 9.04 Å². The number of likely N-dealkylation sites (N-methyl/N-ethyl adjacent to an activating group) is 1. The van der Waals surface area contributed by atoms with Crippen molar-refractivity contribution >= 4 is 63.9 Å². The highest BCUT2D eigenvalue weighted by atomic mass is 35.5. The van der Waals surface area contributed by atoms with Crippen molar-refractivity contribution in [1.82, 2.24) is 14.7 Å². The van der Waals surface area contributed by atoms with Gasteiger partial charge in [0.1, 0.15) is 9.96 Å². The number of thiophene rings is 1. The summed E-state index contributed by atoms with van der Waals surface area (Å²) in [6, 6.07) is 15.3. The second kappa shape index (κ2) is 13.9. The topological polar surface area (TPSA) is 99.7 Å². The summed E-state index contributed by atoms with van der Waals surface area (Å²) in [4.78, 5) is 35.1. The van der Waals surface area contributed by atoms with Crippen molar-refractivity contribution in [2.24, 2.45) is 0 Å². The number of sulfonamides is 1. The molecule has 10 nitrogen and oxygen atoms in total. The first kappa shape index (κ1) is 35.0. The minimum Gasteiger partial charge on any atom is -0.496 e. The smallest absolute Gasteiger partial charge is 0.411 e. The molecule has 3 aromatic rings. The van der Waals surface area contributed by atoms with Gasteiger partial charge in [0.05, 0.1) is 18.4 Å². The Hall–Kier alpha value is -2.87. The van der Waals surface area contributed by atoms with Gasteiger partial charge in [-0.15, -0.1) is 36.2 Å². The molecule has 3 aliphatic rings. The van der Waals surface area contributed by atoms with Crippen LogP contribution in [0.4, 0.5) is 10.5 Å². The highest BCUT2D eigenvalue weighted by molar-refractivity contribution is 7.95. The van der Waals surface area contributed by atoms with Crippen LogP contribution in [0.25, 0.3) is 0 Å². The molecule has 2 saturated heterocycles. The van der Waals surface area contributed by atoms with Crippen LogP contribution in [0.1, 0.15) is 29.5 Å². The number of carbonyl (C=O) groups excluding carboxylic acids is 2. The summed E-state index contributed by atoms with van der Waals surface area (Å²) in [5.74, 6) is -0.577. The predicted molar refractivity (Wildman–Crippen MR) is 179 cm³/mol. The van der Waals surface area contributed by atoms with E-state index in [1.807, 2.05) is 6.92 Å². The predicted octanol–water partition coefficient (Wildman–Crippen LogP) is 4.74. The number of para-hydroxylation sites is 1. The lowest BCUT2D eigenvalue weighted by molar-refractivity contribution is -0.132. The zero-order valence-electron chi connectivity index (χ0n) is 25.4. The van der Waals surface area contributed by atoms with Crippen LogP contribution in [-0.4, -0.2) is 94.6 Å². The van der Waals surface area contributed by atoms with Gasteiger partial charge in [0, 0.05) is 50.9 Å². The van der Waals surface area contributed by atoms with E-state index in [-0.39, 0.29) is 45.8 Å². The van der Waals surface area contributed by atoms with Gasteiger partial charge in [0.2, 0.25) is 5.60 Å². The molecule has 14 heteroatoms. The summed E-state index contributed by atoms with van der Waals surface area (Å²) in [6.07, 6.45) is 0.922. The van der Waals surface area contributed by atoms with Crippen molar-refractivity contribution in [3.8, 4) is 5.75 Å². The summed E-state index contributed by atoms with van der Waals surface area (Å²) in [5.41, 5.74) is -0.604. The molecule has 1 unspecified atom stereocenters. The van der Waals surface area contributed by atoms with Crippen LogP contribution >= 0.6 is 36.2 Å². The lowest BCUT2D eigenvalue weighted by Crippen LogP contribution is -2.54. The molecule has 4 heterocycles. The summed E-state index contributed by atoms with van der Waals surface area (Å²) in [5, 5.41) is 1.64. The Morgan fingerprint density at radius 1 is 0.933 bits per heavy atom. The number of likely N-dealkylation sites (tertiary alicyclic amines) is 1. The van der Waals surface area contributed by atoms with E-state index in [2.05, 4.69) is 16.8 Å². The fourth-order valence-corrected chi connectivity index (χ4v) is 8.88. The molecule has 1 atom stereocenters. The minimum absolute atomic E-state index is 0. The van der Waals surface area contributed by atoms with Crippen molar-refractivity contribution in [3.05, 3.63) is 76.7 Å². The number of hydrogen-bond donors (Lipinski definition) is 0. The van der Waals surface area contributed by atoms with E-state index >= 15 is 0 Å². The fourth-order valence-electron chi connectivity index (χ4n) is 6.36. The number of benzene rings is 2.